The first-order valence-corrected chi connectivity index (χ1v) is 4.24. The topological polar surface area (TPSA) is 101 Å². The number of H-pyrrole nitrogens is 1. The largest absolute Gasteiger partial charge is 0.480 e. The second-order valence-corrected chi connectivity index (χ2v) is 3.15. The highest BCUT2D eigenvalue weighted by Crippen LogP contribution is 1.98. The predicted octanol–water partition coefficient (Wildman–Crippen LogP) is -0.942. The van der Waals surface area contributed by atoms with Crippen molar-refractivity contribution in [3.63, 3.8) is 0 Å². The minimum absolute atomic E-state index is 0.136. The van der Waals surface area contributed by atoms with E-state index in [9.17, 15) is 9.59 Å². The zero-order chi connectivity index (χ0) is 10.7. The van der Waals surface area contributed by atoms with Crippen LogP contribution >= 0.6 is 0 Å². The van der Waals surface area contributed by atoms with Gasteiger partial charge in [0.25, 0.3) is 5.56 Å². The van der Waals surface area contributed by atoms with Crippen molar-refractivity contribution in [2.75, 3.05) is 0 Å². The van der Waals surface area contributed by atoms with Crippen molar-refractivity contribution in [2.24, 2.45) is 12.8 Å². The standard InChI is InChI=1S/C8H13N3O3/c1-11-7(12)5(4-10-11)2-3-6(9)8(13)14/h4,6,10H,2-3,9H2,1H3,(H,13,14)/t6-/m0/s1. The van der Waals surface area contributed by atoms with E-state index in [0.717, 1.165) is 0 Å². The summed E-state index contributed by atoms with van der Waals surface area (Å²) >= 11 is 0. The van der Waals surface area contributed by atoms with Crippen LogP contribution in [0.25, 0.3) is 0 Å². The Morgan fingerprint density at radius 2 is 2.43 bits per heavy atom. The number of nitrogens with zero attached hydrogens (tertiary/aromatic N) is 1. The molecule has 0 aliphatic rings. The molecular formula is C8H13N3O3. The number of carboxylic acid groups (broad SMARTS) is 1. The van der Waals surface area contributed by atoms with E-state index in [0.29, 0.717) is 12.0 Å². The summed E-state index contributed by atoms with van der Waals surface area (Å²) in [6.07, 6.45) is 2.21. The zero-order valence-electron chi connectivity index (χ0n) is 7.86. The summed E-state index contributed by atoms with van der Waals surface area (Å²) in [7, 11) is 1.60. The maximum atomic E-state index is 11.3. The molecule has 1 aromatic rings. The molecule has 0 amide bonds. The average Bonchev–Trinajstić information content (AvgIpc) is 2.44. The van der Waals surface area contributed by atoms with Crippen LogP contribution in [0.4, 0.5) is 0 Å². The third-order valence-corrected chi connectivity index (χ3v) is 2.05. The van der Waals surface area contributed by atoms with E-state index in [1.54, 1.807) is 13.2 Å². The molecule has 6 nitrogen and oxygen atoms in total. The lowest BCUT2D eigenvalue weighted by Crippen LogP contribution is -2.31. The first kappa shape index (κ1) is 10.5. The Bertz CT molecular complexity index is 379. The molecule has 1 heterocycles. The fourth-order valence-electron chi connectivity index (χ4n) is 1.12. The van der Waals surface area contributed by atoms with E-state index >= 15 is 0 Å². The van der Waals surface area contributed by atoms with Crippen molar-refractivity contribution in [3.05, 3.63) is 22.1 Å². The molecule has 0 fully saturated rings. The van der Waals surface area contributed by atoms with Crippen molar-refractivity contribution in [1.82, 2.24) is 9.78 Å². The minimum atomic E-state index is -1.04. The molecule has 14 heavy (non-hydrogen) atoms. The van der Waals surface area contributed by atoms with Crippen LogP contribution in [0.1, 0.15) is 12.0 Å². The van der Waals surface area contributed by atoms with Gasteiger partial charge in [-0.15, -0.1) is 0 Å². The molecule has 78 valence electrons. The SMILES string of the molecule is Cn1[nH]cc(CC[C@H](N)C(=O)O)c1=O. The van der Waals surface area contributed by atoms with Crippen LogP contribution < -0.4 is 11.3 Å². The number of nitrogens with two attached hydrogens (primary N) is 1. The summed E-state index contributed by atoms with van der Waals surface area (Å²) in [5.74, 6) is -1.04. The van der Waals surface area contributed by atoms with Gasteiger partial charge in [-0.25, -0.2) is 0 Å². The first-order valence-electron chi connectivity index (χ1n) is 4.24. The predicted molar refractivity (Wildman–Crippen MR) is 50.0 cm³/mol. The monoisotopic (exact) mass is 199 g/mol. The second-order valence-electron chi connectivity index (χ2n) is 3.15. The Hall–Kier alpha value is -1.56. The van der Waals surface area contributed by atoms with E-state index in [1.165, 1.54) is 4.68 Å². The van der Waals surface area contributed by atoms with Crippen molar-refractivity contribution < 1.29 is 9.90 Å². The van der Waals surface area contributed by atoms with Crippen LogP contribution in [0.15, 0.2) is 11.0 Å². The van der Waals surface area contributed by atoms with Gasteiger partial charge in [-0.3, -0.25) is 14.3 Å². The molecule has 1 rings (SSSR count). The minimum Gasteiger partial charge on any atom is -0.480 e. The zero-order valence-corrected chi connectivity index (χ0v) is 7.86. The van der Waals surface area contributed by atoms with Crippen LogP contribution in [0.5, 0.6) is 0 Å². The third-order valence-electron chi connectivity index (χ3n) is 2.05. The molecule has 1 aromatic heterocycles. The van der Waals surface area contributed by atoms with Crippen LogP contribution in [-0.4, -0.2) is 26.9 Å². The molecule has 0 radical (unpaired) electrons. The van der Waals surface area contributed by atoms with Crippen LogP contribution in [-0.2, 0) is 18.3 Å². The summed E-state index contributed by atoms with van der Waals surface area (Å²) in [6.45, 7) is 0. The molecule has 0 saturated heterocycles. The van der Waals surface area contributed by atoms with Gasteiger partial charge in [0, 0.05) is 18.8 Å². The molecule has 0 aliphatic heterocycles. The number of hydrogen-bond donors (Lipinski definition) is 3. The maximum absolute atomic E-state index is 11.3. The van der Waals surface area contributed by atoms with E-state index in [1.807, 2.05) is 0 Å². The molecule has 1 atom stereocenters. The Labute approximate surface area is 80.3 Å². The maximum Gasteiger partial charge on any atom is 0.320 e. The Kier molecular flexibility index (Phi) is 3.08. The van der Waals surface area contributed by atoms with Crippen LogP contribution in [0.3, 0.4) is 0 Å². The molecule has 0 saturated carbocycles. The first-order chi connectivity index (χ1) is 6.52. The lowest BCUT2D eigenvalue weighted by Gasteiger charge is -2.03. The third kappa shape index (κ3) is 2.23. The van der Waals surface area contributed by atoms with Crippen molar-refractivity contribution in [1.29, 1.82) is 0 Å². The fraction of sp³-hybridized carbons (Fsp3) is 0.500. The summed E-state index contributed by atoms with van der Waals surface area (Å²) in [5, 5.41) is 11.2. The van der Waals surface area contributed by atoms with Gasteiger partial charge in [0.1, 0.15) is 6.04 Å². The Morgan fingerprint density at radius 3 is 2.86 bits per heavy atom. The van der Waals surface area contributed by atoms with Crippen LogP contribution in [0, 0.1) is 0 Å². The molecule has 0 bridgehead atoms. The van der Waals surface area contributed by atoms with Gasteiger partial charge in [-0.2, -0.15) is 0 Å². The van der Waals surface area contributed by atoms with Gasteiger partial charge in [-0.05, 0) is 12.8 Å². The van der Waals surface area contributed by atoms with E-state index < -0.39 is 12.0 Å². The highest BCUT2D eigenvalue weighted by molar-refractivity contribution is 5.73. The average molecular weight is 199 g/mol. The summed E-state index contributed by atoms with van der Waals surface area (Å²) in [4.78, 5) is 21.7. The van der Waals surface area contributed by atoms with Crippen LogP contribution in [0.2, 0.25) is 0 Å². The smallest absolute Gasteiger partial charge is 0.320 e. The number of carbonyl (C=O) groups is 1. The molecule has 0 aliphatic carbocycles. The van der Waals surface area contributed by atoms with E-state index in [2.05, 4.69) is 5.10 Å². The van der Waals surface area contributed by atoms with Gasteiger partial charge in [0.05, 0.1) is 0 Å². The molecule has 4 N–H and O–H groups in total. The van der Waals surface area contributed by atoms with Gasteiger partial charge in [0.15, 0.2) is 0 Å². The lowest BCUT2D eigenvalue weighted by molar-refractivity contribution is -0.138. The van der Waals surface area contributed by atoms with E-state index in [4.69, 9.17) is 10.8 Å². The Balaban J connectivity index is 2.58. The summed E-state index contributed by atoms with van der Waals surface area (Å²) in [5.41, 5.74) is 5.73. The van der Waals surface area contributed by atoms with Gasteiger partial charge < -0.3 is 15.9 Å². The number of hydrogen-bond acceptors (Lipinski definition) is 3. The number of aromatic nitrogens is 2. The number of aryl methyl sites for hydroxylation is 2. The normalized spacial score (nSPS) is 12.7. The highest BCUT2D eigenvalue weighted by Gasteiger charge is 2.12. The second kappa shape index (κ2) is 4.10. The molecule has 0 spiro atoms. The summed E-state index contributed by atoms with van der Waals surface area (Å²) < 4.78 is 1.33. The quantitative estimate of drug-likeness (QED) is 0.582. The number of carboxylic acids is 1. The molecular weight excluding hydrogens is 186 g/mol. The summed E-state index contributed by atoms with van der Waals surface area (Å²) in [6, 6.07) is -0.908. The Morgan fingerprint density at radius 1 is 1.79 bits per heavy atom. The number of aliphatic carboxylic acids is 1. The van der Waals surface area contributed by atoms with Gasteiger partial charge in [0.2, 0.25) is 0 Å². The molecule has 0 unspecified atom stereocenters. The molecule has 6 heteroatoms. The van der Waals surface area contributed by atoms with Crippen molar-refractivity contribution in [2.45, 2.75) is 18.9 Å². The molecule has 0 aromatic carbocycles. The van der Waals surface area contributed by atoms with Gasteiger partial charge >= 0.3 is 5.97 Å². The van der Waals surface area contributed by atoms with Crippen molar-refractivity contribution >= 4 is 5.97 Å². The van der Waals surface area contributed by atoms with Crippen molar-refractivity contribution in [3.8, 4) is 0 Å². The number of rotatable bonds is 4. The number of aromatic amines is 1. The van der Waals surface area contributed by atoms with Gasteiger partial charge in [-0.1, -0.05) is 0 Å². The fourth-order valence-corrected chi connectivity index (χ4v) is 1.12. The van der Waals surface area contributed by atoms with E-state index in [-0.39, 0.29) is 12.0 Å². The highest BCUT2D eigenvalue weighted by atomic mass is 16.4. The lowest BCUT2D eigenvalue weighted by atomic mass is 10.1. The number of nitrogens with one attached hydrogen (secondary N) is 1.